The van der Waals surface area contributed by atoms with Crippen LogP contribution in [0.4, 0.5) is 13.2 Å². The maximum Gasteiger partial charge on any atom is 0.416 e. The molecule has 96 valence electrons. The summed E-state index contributed by atoms with van der Waals surface area (Å²) in [6.07, 6.45) is -4.13. The topological polar surface area (TPSA) is 42.2 Å². The summed E-state index contributed by atoms with van der Waals surface area (Å²) in [5.74, 6) is -0.0391. The van der Waals surface area contributed by atoms with E-state index in [-0.39, 0.29) is 17.4 Å². The molecule has 0 N–H and O–H groups in total. The van der Waals surface area contributed by atoms with Gasteiger partial charge in [0.25, 0.3) is 0 Å². The van der Waals surface area contributed by atoms with Crippen LogP contribution in [-0.2, 0) is 10.9 Å². The predicted molar refractivity (Wildman–Crippen MR) is 56.0 cm³/mol. The van der Waals surface area contributed by atoms with Gasteiger partial charge in [0.15, 0.2) is 0 Å². The summed E-state index contributed by atoms with van der Waals surface area (Å²) in [6.45, 7) is 0.854. The molecule has 6 heteroatoms. The first-order valence-electron chi connectivity index (χ1n) is 5.36. The Hall–Kier alpha value is -1.74. The molecule has 0 amide bonds. The molecule has 18 heavy (non-hydrogen) atoms. The largest absolute Gasteiger partial charge is 0.487 e. The minimum Gasteiger partial charge on any atom is -0.487 e. The summed E-state index contributed by atoms with van der Waals surface area (Å²) < 4.78 is 48.1. The molecular formula is C12H10F3NO2. The first-order valence-corrected chi connectivity index (χ1v) is 5.36. The minimum absolute atomic E-state index is 0.0391. The molecule has 1 aliphatic heterocycles. The lowest BCUT2D eigenvalue weighted by atomic mass is 10.1. The molecule has 0 radical (unpaired) electrons. The Morgan fingerprint density at radius 1 is 1.39 bits per heavy atom. The van der Waals surface area contributed by atoms with Crippen LogP contribution >= 0.6 is 0 Å². The SMILES string of the molecule is N#Cc1ccc(C(F)(F)F)cc1OC1CCOC1. The highest BCUT2D eigenvalue weighted by Gasteiger charge is 2.31. The normalized spacial score (nSPS) is 19.6. The van der Waals surface area contributed by atoms with Crippen molar-refractivity contribution in [3.63, 3.8) is 0 Å². The zero-order chi connectivity index (χ0) is 13.2. The molecule has 1 aliphatic rings. The quantitative estimate of drug-likeness (QED) is 0.818. The van der Waals surface area contributed by atoms with Crippen molar-refractivity contribution in [3.05, 3.63) is 29.3 Å². The van der Waals surface area contributed by atoms with E-state index in [9.17, 15) is 13.2 Å². The van der Waals surface area contributed by atoms with Gasteiger partial charge in [-0.25, -0.2) is 0 Å². The van der Waals surface area contributed by atoms with Gasteiger partial charge in [-0.2, -0.15) is 18.4 Å². The predicted octanol–water partition coefficient (Wildman–Crippen LogP) is 2.74. The van der Waals surface area contributed by atoms with Crippen molar-refractivity contribution in [3.8, 4) is 11.8 Å². The van der Waals surface area contributed by atoms with Gasteiger partial charge in [-0.05, 0) is 18.2 Å². The number of nitrogens with zero attached hydrogens (tertiary/aromatic N) is 1. The lowest BCUT2D eigenvalue weighted by Gasteiger charge is -2.15. The van der Waals surface area contributed by atoms with Crippen molar-refractivity contribution < 1.29 is 22.6 Å². The number of benzene rings is 1. The third-order valence-corrected chi connectivity index (χ3v) is 2.61. The summed E-state index contributed by atoms with van der Waals surface area (Å²) in [6, 6.07) is 4.66. The van der Waals surface area contributed by atoms with Crippen molar-refractivity contribution in [2.75, 3.05) is 13.2 Å². The molecular weight excluding hydrogens is 247 g/mol. The Morgan fingerprint density at radius 3 is 2.72 bits per heavy atom. The molecule has 1 aromatic carbocycles. The molecule has 0 bridgehead atoms. The van der Waals surface area contributed by atoms with Crippen LogP contribution in [0.5, 0.6) is 5.75 Å². The average molecular weight is 257 g/mol. The molecule has 1 fully saturated rings. The van der Waals surface area contributed by atoms with Crippen LogP contribution in [-0.4, -0.2) is 19.3 Å². The van der Waals surface area contributed by atoms with Crippen LogP contribution in [0.2, 0.25) is 0 Å². The minimum atomic E-state index is -4.45. The molecule has 3 nitrogen and oxygen atoms in total. The fraction of sp³-hybridized carbons (Fsp3) is 0.417. The van der Waals surface area contributed by atoms with E-state index in [1.54, 1.807) is 0 Å². The van der Waals surface area contributed by atoms with E-state index >= 15 is 0 Å². The second kappa shape index (κ2) is 4.86. The van der Waals surface area contributed by atoms with Crippen molar-refractivity contribution in [1.82, 2.24) is 0 Å². The first kappa shape index (κ1) is 12.7. The van der Waals surface area contributed by atoms with Gasteiger partial charge in [0.2, 0.25) is 0 Å². The summed E-state index contributed by atoms with van der Waals surface area (Å²) in [5.41, 5.74) is -0.731. The van der Waals surface area contributed by atoms with Gasteiger partial charge in [-0.15, -0.1) is 0 Å². The van der Waals surface area contributed by atoms with Crippen molar-refractivity contribution in [2.24, 2.45) is 0 Å². The van der Waals surface area contributed by atoms with E-state index in [1.165, 1.54) is 0 Å². The van der Waals surface area contributed by atoms with E-state index in [0.717, 1.165) is 18.2 Å². The molecule has 1 atom stereocenters. The van der Waals surface area contributed by atoms with Gasteiger partial charge in [-0.3, -0.25) is 0 Å². The second-order valence-electron chi connectivity index (χ2n) is 3.92. The van der Waals surface area contributed by atoms with Gasteiger partial charge in [0, 0.05) is 6.42 Å². The molecule has 0 spiro atoms. The number of rotatable bonds is 2. The number of nitriles is 1. The van der Waals surface area contributed by atoms with Gasteiger partial charge in [0.05, 0.1) is 24.3 Å². The summed E-state index contributed by atoms with van der Waals surface area (Å²) >= 11 is 0. The monoisotopic (exact) mass is 257 g/mol. The zero-order valence-corrected chi connectivity index (χ0v) is 9.33. The standard InChI is InChI=1S/C12H10F3NO2/c13-12(14,15)9-2-1-8(6-16)11(5-9)18-10-3-4-17-7-10/h1-2,5,10H,3-4,7H2. The first-order chi connectivity index (χ1) is 8.50. The highest BCUT2D eigenvalue weighted by Crippen LogP contribution is 2.33. The van der Waals surface area contributed by atoms with Crippen LogP contribution in [0.1, 0.15) is 17.5 Å². The maximum absolute atomic E-state index is 12.6. The second-order valence-corrected chi connectivity index (χ2v) is 3.92. The molecule has 1 heterocycles. The zero-order valence-electron chi connectivity index (χ0n) is 9.33. The molecule has 1 unspecified atom stereocenters. The summed E-state index contributed by atoms with van der Waals surface area (Å²) in [4.78, 5) is 0. The van der Waals surface area contributed by atoms with Gasteiger partial charge in [0.1, 0.15) is 17.9 Å². The summed E-state index contributed by atoms with van der Waals surface area (Å²) in [5, 5.41) is 8.84. The molecule has 1 saturated heterocycles. The van der Waals surface area contributed by atoms with Crippen LogP contribution in [0, 0.1) is 11.3 Å². The third kappa shape index (κ3) is 2.74. The Bertz CT molecular complexity index is 473. The number of halogens is 3. The van der Waals surface area contributed by atoms with Gasteiger partial charge in [-0.1, -0.05) is 0 Å². The fourth-order valence-corrected chi connectivity index (χ4v) is 1.67. The number of ether oxygens (including phenoxy) is 2. The van der Waals surface area contributed by atoms with E-state index < -0.39 is 11.7 Å². The Kier molecular flexibility index (Phi) is 3.43. The van der Waals surface area contributed by atoms with Gasteiger partial charge < -0.3 is 9.47 Å². The smallest absolute Gasteiger partial charge is 0.416 e. The maximum atomic E-state index is 12.6. The fourth-order valence-electron chi connectivity index (χ4n) is 1.67. The lowest BCUT2D eigenvalue weighted by molar-refractivity contribution is -0.137. The van der Waals surface area contributed by atoms with Crippen molar-refractivity contribution >= 4 is 0 Å². The highest BCUT2D eigenvalue weighted by molar-refractivity contribution is 5.46. The Balaban J connectivity index is 2.28. The van der Waals surface area contributed by atoms with E-state index in [1.807, 2.05) is 6.07 Å². The highest BCUT2D eigenvalue weighted by atomic mass is 19.4. The summed E-state index contributed by atoms with van der Waals surface area (Å²) in [7, 11) is 0. The van der Waals surface area contributed by atoms with Crippen LogP contribution in [0.25, 0.3) is 0 Å². The van der Waals surface area contributed by atoms with Gasteiger partial charge >= 0.3 is 6.18 Å². The third-order valence-electron chi connectivity index (χ3n) is 2.61. The Morgan fingerprint density at radius 2 is 2.17 bits per heavy atom. The van der Waals surface area contributed by atoms with Crippen molar-refractivity contribution in [2.45, 2.75) is 18.7 Å². The molecule has 0 saturated carbocycles. The van der Waals surface area contributed by atoms with E-state index in [4.69, 9.17) is 14.7 Å². The van der Waals surface area contributed by atoms with E-state index in [2.05, 4.69) is 0 Å². The molecule has 2 rings (SSSR count). The Labute approximate surface area is 102 Å². The lowest BCUT2D eigenvalue weighted by Crippen LogP contribution is -2.17. The van der Waals surface area contributed by atoms with Crippen LogP contribution in [0.3, 0.4) is 0 Å². The van der Waals surface area contributed by atoms with E-state index in [0.29, 0.717) is 19.6 Å². The molecule has 0 aromatic heterocycles. The van der Waals surface area contributed by atoms with Crippen LogP contribution < -0.4 is 4.74 Å². The molecule has 0 aliphatic carbocycles. The average Bonchev–Trinajstić information content (AvgIpc) is 2.80. The van der Waals surface area contributed by atoms with Crippen molar-refractivity contribution in [1.29, 1.82) is 5.26 Å². The number of hydrogen-bond donors (Lipinski definition) is 0. The number of hydrogen-bond acceptors (Lipinski definition) is 3. The number of alkyl halides is 3. The van der Waals surface area contributed by atoms with Crippen LogP contribution in [0.15, 0.2) is 18.2 Å². The molecule has 1 aromatic rings.